The largest absolute Gasteiger partial charge is 0.477 e. The number of halogens is 1. The SMILES string of the molecule is CC1Cc2c(N3CCCN3)c(F)cc3c(=O)c(C(=O)O)cn1c23. The quantitative estimate of drug-likeness (QED) is 0.881. The molecule has 1 saturated heterocycles. The number of anilines is 1. The average molecular weight is 317 g/mol. The van der Waals surface area contributed by atoms with Gasteiger partial charge in [0, 0.05) is 36.3 Å². The van der Waals surface area contributed by atoms with Gasteiger partial charge in [0.25, 0.3) is 0 Å². The second-order valence-corrected chi connectivity index (χ2v) is 6.13. The van der Waals surface area contributed by atoms with Crippen LogP contribution in [0.5, 0.6) is 0 Å². The van der Waals surface area contributed by atoms with Gasteiger partial charge in [-0.05, 0) is 25.8 Å². The van der Waals surface area contributed by atoms with E-state index in [1.165, 1.54) is 12.3 Å². The average Bonchev–Trinajstić information content (AvgIpc) is 3.11. The van der Waals surface area contributed by atoms with E-state index in [2.05, 4.69) is 5.43 Å². The fourth-order valence-corrected chi connectivity index (χ4v) is 3.66. The number of nitrogens with one attached hydrogen (secondary N) is 1. The molecule has 0 bridgehead atoms. The van der Waals surface area contributed by atoms with E-state index in [4.69, 9.17) is 0 Å². The van der Waals surface area contributed by atoms with Crippen LogP contribution in [-0.4, -0.2) is 28.7 Å². The van der Waals surface area contributed by atoms with Crippen molar-refractivity contribution in [1.82, 2.24) is 9.99 Å². The molecule has 4 rings (SSSR count). The lowest BCUT2D eigenvalue weighted by molar-refractivity contribution is 0.0694. The van der Waals surface area contributed by atoms with E-state index in [0.29, 0.717) is 24.2 Å². The molecule has 1 aromatic heterocycles. The van der Waals surface area contributed by atoms with Gasteiger partial charge in [-0.2, -0.15) is 0 Å². The number of benzene rings is 1. The number of hydrogen-bond donors (Lipinski definition) is 2. The van der Waals surface area contributed by atoms with Crippen LogP contribution in [0.15, 0.2) is 17.1 Å². The first-order valence-corrected chi connectivity index (χ1v) is 7.63. The number of aromatic carboxylic acids is 1. The number of carboxylic acid groups (broad SMARTS) is 1. The lowest BCUT2D eigenvalue weighted by Crippen LogP contribution is -2.32. The molecule has 0 radical (unpaired) electrons. The first-order valence-electron chi connectivity index (χ1n) is 7.63. The van der Waals surface area contributed by atoms with Crippen LogP contribution in [0.1, 0.15) is 35.3 Å². The number of carboxylic acids is 1. The molecule has 23 heavy (non-hydrogen) atoms. The molecule has 6 nitrogen and oxygen atoms in total. The van der Waals surface area contributed by atoms with Crippen molar-refractivity contribution in [1.29, 1.82) is 0 Å². The van der Waals surface area contributed by atoms with Gasteiger partial charge in [0.15, 0.2) is 0 Å². The summed E-state index contributed by atoms with van der Waals surface area (Å²) in [7, 11) is 0. The number of nitrogens with zero attached hydrogens (tertiary/aromatic N) is 2. The Kier molecular flexibility index (Phi) is 2.96. The molecule has 1 aromatic carbocycles. The molecular formula is C16H16FN3O3. The number of carbonyl (C=O) groups is 1. The number of pyridine rings is 1. The van der Waals surface area contributed by atoms with E-state index >= 15 is 0 Å². The van der Waals surface area contributed by atoms with Crippen LogP contribution in [0.25, 0.3) is 10.9 Å². The molecule has 0 amide bonds. The van der Waals surface area contributed by atoms with Gasteiger partial charge in [0.1, 0.15) is 11.4 Å². The Labute approximate surface area is 131 Å². The molecule has 0 aliphatic carbocycles. The molecular weight excluding hydrogens is 301 g/mol. The number of rotatable bonds is 2. The van der Waals surface area contributed by atoms with Gasteiger partial charge in [-0.15, -0.1) is 0 Å². The van der Waals surface area contributed by atoms with Gasteiger partial charge < -0.3 is 14.7 Å². The second kappa shape index (κ2) is 4.79. The summed E-state index contributed by atoms with van der Waals surface area (Å²) >= 11 is 0. The minimum Gasteiger partial charge on any atom is -0.477 e. The summed E-state index contributed by atoms with van der Waals surface area (Å²) < 4.78 is 16.5. The van der Waals surface area contributed by atoms with Crippen LogP contribution >= 0.6 is 0 Å². The molecule has 2 aliphatic rings. The molecule has 3 heterocycles. The standard InChI is InChI=1S/C16H16FN3O3/c1-8-5-9-13-10(15(21)11(16(22)23)7-19(8)13)6-12(17)14(9)20-4-2-3-18-20/h6-8,18H,2-5H2,1H3,(H,22,23). The fourth-order valence-electron chi connectivity index (χ4n) is 3.66. The van der Waals surface area contributed by atoms with Crippen molar-refractivity contribution in [3.63, 3.8) is 0 Å². The van der Waals surface area contributed by atoms with Gasteiger partial charge in [0.2, 0.25) is 5.43 Å². The maximum Gasteiger partial charge on any atom is 0.341 e. The van der Waals surface area contributed by atoms with Crippen molar-refractivity contribution in [3.05, 3.63) is 39.4 Å². The molecule has 1 fully saturated rings. The maximum absolute atomic E-state index is 14.7. The smallest absolute Gasteiger partial charge is 0.341 e. The van der Waals surface area contributed by atoms with Crippen LogP contribution in [-0.2, 0) is 6.42 Å². The summed E-state index contributed by atoms with van der Waals surface area (Å²) in [5.74, 6) is -1.77. The molecule has 0 saturated carbocycles. The van der Waals surface area contributed by atoms with Crippen LogP contribution in [0.4, 0.5) is 10.1 Å². The van der Waals surface area contributed by atoms with Crippen LogP contribution in [0.3, 0.4) is 0 Å². The number of hydrazine groups is 1. The minimum absolute atomic E-state index is 0.0191. The highest BCUT2D eigenvalue weighted by molar-refractivity contribution is 5.96. The summed E-state index contributed by atoms with van der Waals surface area (Å²) in [5.41, 5.74) is 4.11. The minimum atomic E-state index is -1.29. The lowest BCUT2D eigenvalue weighted by Gasteiger charge is -2.21. The zero-order valence-corrected chi connectivity index (χ0v) is 12.6. The maximum atomic E-state index is 14.7. The van der Waals surface area contributed by atoms with Crippen LogP contribution in [0.2, 0.25) is 0 Å². The lowest BCUT2D eigenvalue weighted by atomic mass is 10.0. The Morgan fingerprint density at radius 2 is 2.26 bits per heavy atom. The normalized spacial score (nSPS) is 19.7. The van der Waals surface area contributed by atoms with Gasteiger partial charge in [-0.3, -0.25) is 4.79 Å². The highest BCUT2D eigenvalue weighted by Crippen LogP contribution is 2.39. The van der Waals surface area contributed by atoms with Gasteiger partial charge in [-0.25, -0.2) is 14.6 Å². The van der Waals surface area contributed by atoms with Gasteiger partial charge >= 0.3 is 5.97 Å². The monoisotopic (exact) mass is 317 g/mol. The van der Waals surface area contributed by atoms with Crippen molar-refractivity contribution in [2.75, 3.05) is 18.1 Å². The summed E-state index contributed by atoms with van der Waals surface area (Å²) in [5, 5.41) is 11.2. The highest BCUT2D eigenvalue weighted by Gasteiger charge is 2.31. The second-order valence-electron chi connectivity index (χ2n) is 6.13. The summed E-state index contributed by atoms with van der Waals surface area (Å²) in [6, 6.07) is 1.16. The van der Waals surface area contributed by atoms with E-state index < -0.39 is 17.2 Å². The molecule has 2 aliphatic heterocycles. The third kappa shape index (κ3) is 1.89. The first kappa shape index (κ1) is 14.2. The Morgan fingerprint density at radius 3 is 2.91 bits per heavy atom. The van der Waals surface area contributed by atoms with E-state index in [9.17, 15) is 19.1 Å². The zero-order chi connectivity index (χ0) is 16.3. The fraction of sp³-hybridized carbons (Fsp3) is 0.375. The molecule has 2 N–H and O–H groups in total. The number of aromatic nitrogens is 1. The van der Waals surface area contributed by atoms with Gasteiger partial charge in [0.05, 0.1) is 11.2 Å². The van der Waals surface area contributed by atoms with E-state index in [-0.39, 0.29) is 17.0 Å². The Morgan fingerprint density at radius 1 is 1.48 bits per heavy atom. The predicted octanol–water partition coefficient (Wildman–Crippen LogP) is 1.67. The highest BCUT2D eigenvalue weighted by atomic mass is 19.1. The molecule has 7 heteroatoms. The summed E-state index contributed by atoms with van der Waals surface area (Å²) in [6.07, 6.45) is 2.88. The van der Waals surface area contributed by atoms with Gasteiger partial charge in [-0.1, -0.05) is 0 Å². The Balaban J connectivity index is 2.09. The van der Waals surface area contributed by atoms with Crippen molar-refractivity contribution in [3.8, 4) is 0 Å². The zero-order valence-electron chi connectivity index (χ0n) is 12.6. The van der Waals surface area contributed by atoms with E-state index in [0.717, 1.165) is 18.5 Å². The third-order valence-electron chi connectivity index (χ3n) is 4.68. The van der Waals surface area contributed by atoms with Crippen LogP contribution in [0, 0.1) is 5.82 Å². The number of hydrogen-bond acceptors (Lipinski definition) is 4. The van der Waals surface area contributed by atoms with Crippen molar-refractivity contribution in [2.45, 2.75) is 25.8 Å². The Bertz CT molecular complexity index is 900. The molecule has 0 spiro atoms. The first-order chi connectivity index (χ1) is 11.0. The molecule has 1 unspecified atom stereocenters. The summed E-state index contributed by atoms with van der Waals surface area (Å²) in [6.45, 7) is 3.44. The van der Waals surface area contributed by atoms with Crippen molar-refractivity contribution in [2.24, 2.45) is 0 Å². The predicted molar refractivity (Wildman–Crippen MR) is 83.5 cm³/mol. The Hall–Kier alpha value is -2.41. The van der Waals surface area contributed by atoms with Crippen molar-refractivity contribution < 1.29 is 14.3 Å². The van der Waals surface area contributed by atoms with E-state index in [1.807, 2.05) is 6.92 Å². The van der Waals surface area contributed by atoms with Crippen LogP contribution < -0.4 is 15.9 Å². The third-order valence-corrected chi connectivity index (χ3v) is 4.68. The molecule has 1 atom stereocenters. The molecule has 120 valence electrons. The topological polar surface area (TPSA) is 74.6 Å². The molecule has 2 aromatic rings. The van der Waals surface area contributed by atoms with E-state index in [1.54, 1.807) is 9.58 Å². The summed E-state index contributed by atoms with van der Waals surface area (Å²) in [4.78, 5) is 23.7. The van der Waals surface area contributed by atoms with Crippen molar-refractivity contribution >= 4 is 22.6 Å².